The highest BCUT2D eigenvalue weighted by molar-refractivity contribution is 6.12. The largest absolute Gasteiger partial charge is 0.493 e. The average molecular weight is 445 g/mol. The van der Waals surface area contributed by atoms with Crippen LogP contribution in [0.4, 0.5) is 17.1 Å². The number of anilines is 2. The van der Waals surface area contributed by atoms with Gasteiger partial charge in [0.1, 0.15) is 6.61 Å². The minimum atomic E-state index is -0.417. The number of benzene rings is 3. The zero-order valence-corrected chi connectivity index (χ0v) is 18.3. The van der Waals surface area contributed by atoms with Crippen molar-refractivity contribution in [1.82, 2.24) is 0 Å². The lowest BCUT2D eigenvalue weighted by atomic mass is 10.1. The summed E-state index contributed by atoms with van der Waals surface area (Å²) < 4.78 is 11.5. The summed E-state index contributed by atoms with van der Waals surface area (Å²) in [7, 11) is 1.52. The molecule has 0 radical (unpaired) electrons. The summed E-state index contributed by atoms with van der Waals surface area (Å²) in [5.41, 5.74) is 4.80. The van der Waals surface area contributed by atoms with Gasteiger partial charge in [-0.3, -0.25) is 14.9 Å². The first-order chi connectivity index (χ1) is 15.9. The Balaban J connectivity index is 1.45. The number of nitro benzene ring substituents is 1. The van der Waals surface area contributed by atoms with Gasteiger partial charge in [0, 0.05) is 30.4 Å². The molecule has 1 N–H and O–H groups in total. The van der Waals surface area contributed by atoms with Crippen LogP contribution in [0.15, 0.2) is 54.6 Å². The first-order valence-electron chi connectivity index (χ1n) is 10.7. The molecule has 0 unspecified atom stereocenters. The molecule has 8 heteroatoms. The van der Waals surface area contributed by atoms with Gasteiger partial charge < -0.3 is 19.7 Å². The van der Waals surface area contributed by atoms with Gasteiger partial charge in [-0.2, -0.15) is 0 Å². The van der Waals surface area contributed by atoms with Crippen molar-refractivity contribution in [3.05, 3.63) is 87.0 Å². The smallest absolute Gasteiger partial charge is 0.270 e. The molecule has 0 aliphatic carbocycles. The van der Waals surface area contributed by atoms with Gasteiger partial charge in [-0.1, -0.05) is 24.3 Å². The number of fused-ring (bicyclic) bond motifs is 4. The SMILES string of the molecule is COc1cc2c(cc1OCc1cc(C)cc([N+](=O)[O-])c1)NC[C@@H]1Cc3ccccc3N1C2=O. The minimum Gasteiger partial charge on any atom is -0.493 e. The Morgan fingerprint density at radius 1 is 1.15 bits per heavy atom. The molecular formula is C25H23N3O5. The molecular weight excluding hydrogens is 422 g/mol. The second-order valence-corrected chi connectivity index (χ2v) is 8.31. The Morgan fingerprint density at radius 3 is 2.76 bits per heavy atom. The fraction of sp³-hybridized carbons (Fsp3) is 0.240. The number of carbonyl (C=O) groups is 1. The molecule has 0 saturated carbocycles. The summed E-state index contributed by atoms with van der Waals surface area (Å²) >= 11 is 0. The summed E-state index contributed by atoms with van der Waals surface area (Å²) in [6.07, 6.45) is 0.801. The molecule has 2 aliphatic rings. The second-order valence-electron chi connectivity index (χ2n) is 8.31. The number of hydrogen-bond donors (Lipinski definition) is 1. The molecule has 0 fully saturated rings. The van der Waals surface area contributed by atoms with Crippen molar-refractivity contribution < 1.29 is 19.2 Å². The van der Waals surface area contributed by atoms with Crippen molar-refractivity contribution in [2.24, 2.45) is 0 Å². The van der Waals surface area contributed by atoms with E-state index in [9.17, 15) is 14.9 Å². The van der Waals surface area contributed by atoms with Crippen LogP contribution in [0.25, 0.3) is 0 Å². The molecule has 2 heterocycles. The van der Waals surface area contributed by atoms with Gasteiger partial charge in [0.2, 0.25) is 0 Å². The van der Waals surface area contributed by atoms with Crippen molar-refractivity contribution in [2.75, 3.05) is 23.9 Å². The summed E-state index contributed by atoms with van der Waals surface area (Å²) in [6.45, 7) is 2.55. The number of nitrogens with zero attached hydrogens (tertiary/aromatic N) is 2. The Morgan fingerprint density at radius 2 is 1.97 bits per heavy atom. The van der Waals surface area contributed by atoms with E-state index in [4.69, 9.17) is 9.47 Å². The highest BCUT2D eigenvalue weighted by Gasteiger charge is 2.37. The number of nitrogens with one attached hydrogen (secondary N) is 1. The van der Waals surface area contributed by atoms with Crippen LogP contribution in [0.3, 0.4) is 0 Å². The van der Waals surface area contributed by atoms with E-state index in [0.717, 1.165) is 17.7 Å². The number of para-hydroxylation sites is 1. The van der Waals surface area contributed by atoms with Crippen LogP contribution in [0.2, 0.25) is 0 Å². The topological polar surface area (TPSA) is 93.9 Å². The summed E-state index contributed by atoms with van der Waals surface area (Å²) in [5.74, 6) is 0.810. The maximum absolute atomic E-state index is 13.5. The third-order valence-corrected chi connectivity index (χ3v) is 6.08. The number of hydrogen-bond acceptors (Lipinski definition) is 6. The van der Waals surface area contributed by atoms with Gasteiger partial charge in [-0.15, -0.1) is 0 Å². The number of non-ortho nitro benzene ring substituents is 1. The molecule has 8 nitrogen and oxygen atoms in total. The Kier molecular flexibility index (Phi) is 5.12. The number of nitro groups is 1. The molecule has 0 saturated heterocycles. The monoisotopic (exact) mass is 445 g/mol. The van der Waals surface area contributed by atoms with Crippen LogP contribution < -0.4 is 19.7 Å². The Labute approximate surface area is 190 Å². The second kappa shape index (κ2) is 8.12. The Hall–Kier alpha value is -4.07. The zero-order valence-electron chi connectivity index (χ0n) is 18.3. The fourth-order valence-electron chi connectivity index (χ4n) is 4.60. The lowest BCUT2D eigenvalue weighted by Gasteiger charge is -2.22. The van der Waals surface area contributed by atoms with E-state index in [-0.39, 0.29) is 24.2 Å². The van der Waals surface area contributed by atoms with E-state index in [1.807, 2.05) is 29.2 Å². The van der Waals surface area contributed by atoms with Crippen LogP contribution in [0.1, 0.15) is 27.0 Å². The summed E-state index contributed by atoms with van der Waals surface area (Å²) in [5, 5.41) is 14.6. The molecule has 5 rings (SSSR count). The van der Waals surface area contributed by atoms with Crippen molar-refractivity contribution in [3.63, 3.8) is 0 Å². The van der Waals surface area contributed by atoms with E-state index < -0.39 is 4.92 Å². The molecule has 0 bridgehead atoms. The van der Waals surface area contributed by atoms with Gasteiger partial charge >= 0.3 is 0 Å². The molecule has 1 amide bonds. The Bertz CT molecular complexity index is 1270. The van der Waals surface area contributed by atoms with E-state index >= 15 is 0 Å². The van der Waals surface area contributed by atoms with Crippen LogP contribution in [-0.2, 0) is 13.0 Å². The van der Waals surface area contributed by atoms with Crippen molar-refractivity contribution >= 4 is 23.0 Å². The van der Waals surface area contributed by atoms with Crippen LogP contribution in [0, 0.1) is 17.0 Å². The minimum absolute atomic E-state index is 0.0237. The zero-order chi connectivity index (χ0) is 23.1. The van der Waals surface area contributed by atoms with Crippen LogP contribution in [0.5, 0.6) is 11.5 Å². The number of carbonyl (C=O) groups excluding carboxylic acids is 1. The number of amides is 1. The standard InChI is InChI=1S/C25H23N3O5/c1-15-7-16(9-18(8-15)28(30)31)14-33-24-12-21-20(11-23(24)32-2)25(29)27-19(13-26-21)10-17-5-3-4-6-22(17)27/h3-9,11-12,19,26H,10,13-14H2,1-2H3/t19-/m0/s1. The maximum Gasteiger partial charge on any atom is 0.270 e. The van der Waals surface area contributed by atoms with Crippen molar-refractivity contribution in [1.29, 1.82) is 0 Å². The third-order valence-electron chi connectivity index (χ3n) is 6.08. The van der Waals surface area contributed by atoms with Crippen molar-refractivity contribution in [2.45, 2.75) is 26.0 Å². The molecule has 3 aromatic carbocycles. The van der Waals surface area contributed by atoms with Crippen LogP contribution in [-0.4, -0.2) is 30.5 Å². The van der Waals surface area contributed by atoms with Gasteiger partial charge in [0.15, 0.2) is 11.5 Å². The lowest BCUT2D eigenvalue weighted by molar-refractivity contribution is -0.385. The highest BCUT2D eigenvalue weighted by Crippen LogP contribution is 2.40. The van der Waals surface area contributed by atoms with E-state index in [1.54, 1.807) is 19.1 Å². The molecule has 1 atom stereocenters. The summed E-state index contributed by atoms with van der Waals surface area (Å²) in [4.78, 5) is 26.1. The average Bonchev–Trinajstić information content (AvgIpc) is 3.12. The molecule has 3 aromatic rings. The first kappa shape index (κ1) is 20.8. The van der Waals surface area contributed by atoms with E-state index in [2.05, 4.69) is 11.4 Å². The first-order valence-corrected chi connectivity index (χ1v) is 10.7. The predicted octanol–water partition coefficient (Wildman–Crippen LogP) is 4.49. The number of aryl methyl sites for hydroxylation is 1. The quantitative estimate of drug-likeness (QED) is 0.459. The molecule has 33 heavy (non-hydrogen) atoms. The normalized spacial score (nSPS) is 16.2. The van der Waals surface area contributed by atoms with Gasteiger partial charge in [-0.05, 0) is 42.2 Å². The molecule has 0 spiro atoms. The third kappa shape index (κ3) is 3.73. The van der Waals surface area contributed by atoms with Crippen LogP contribution >= 0.6 is 0 Å². The number of methoxy groups -OCH3 is 1. The number of rotatable bonds is 5. The fourth-order valence-corrected chi connectivity index (χ4v) is 4.60. The predicted molar refractivity (Wildman–Crippen MR) is 124 cm³/mol. The van der Waals surface area contributed by atoms with Gasteiger partial charge in [0.05, 0.1) is 29.3 Å². The van der Waals surface area contributed by atoms with Gasteiger partial charge in [-0.25, -0.2) is 0 Å². The van der Waals surface area contributed by atoms with E-state index in [1.165, 1.54) is 24.8 Å². The van der Waals surface area contributed by atoms with E-state index in [0.29, 0.717) is 34.9 Å². The summed E-state index contributed by atoms with van der Waals surface area (Å²) in [6, 6.07) is 16.3. The molecule has 0 aromatic heterocycles. The van der Waals surface area contributed by atoms with Gasteiger partial charge in [0.25, 0.3) is 11.6 Å². The molecule has 2 aliphatic heterocycles. The maximum atomic E-state index is 13.5. The van der Waals surface area contributed by atoms with Crippen molar-refractivity contribution in [3.8, 4) is 11.5 Å². The number of ether oxygens (including phenoxy) is 2. The lowest BCUT2D eigenvalue weighted by Crippen LogP contribution is -2.39. The highest BCUT2D eigenvalue weighted by atomic mass is 16.6. The molecule has 168 valence electrons.